The number of aliphatic imine (C=N–C) groups is 1. The maximum absolute atomic E-state index is 6.69. The Morgan fingerprint density at radius 3 is 2.45 bits per heavy atom. The van der Waals surface area contributed by atoms with Crippen molar-refractivity contribution in [1.29, 1.82) is 0 Å². The normalized spacial score (nSPS) is 13.9. The molecule has 33 heavy (non-hydrogen) atoms. The van der Waals surface area contributed by atoms with Gasteiger partial charge in [0.05, 0.1) is 0 Å². The molecule has 0 saturated carbocycles. The smallest absolute Gasteiger partial charge is 0.162 e. The van der Waals surface area contributed by atoms with Gasteiger partial charge in [0.1, 0.15) is 6.26 Å². The van der Waals surface area contributed by atoms with Gasteiger partial charge in [0.15, 0.2) is 5.84 Å². The first-order valence-corrected chi connectivity index (χ1v) is 11.7. The number of rotatable bonds is 5. The summed E-state index contributed by atoms with van der Waals surface area (Å²) in [5.41, 5.74) is 12.2. The summed E-state index contributed by atoms with van der Waals surface area (Å²) in [5, 5.41) is 1.31. The van der Waals surface area contributed by atoms with Crippen LogP contribution in [0, 0.1) is 6.92 Å². The molecule has 0 unspecified atom stereocenters. The molecule has 0 atom stereocenters. The van der Waals surface area contributed by atoms with Gasteiger partial charge in [0.25, 0.3) is 0 Å². The highest BCUT2D eigenvalue weighted by molar-refractivity contribution is 6.36. The summed E-state index contributed by atoms with van der Waals surface area (Å²) in [5.74, 6) is 0.656. The van der Waals surface area contributed by atoms with Crippen molar-refractivity contribution in [2.75, 3.05) is 7.05 Å². The molecule has 0 amide bonds. The van der Waals surface area contributed by atoms with Crippen molar-refractivity contribution >= 4 is 40.2 Å². The third-order valence-electron chi connectivity index (χ3n) is 5.88. The van der Waals surface area contributed by atoms with Gasteiger partial charge >= 0.3 is 0 Å². The summed E-state index contributed by atoms with van der Waals surface area (Å²) in [4.78, 5) is 9.49. The summed E-state index contributed by atoms with van der Waals surface area (Å²) < 4.78 is 0. The summed E-state index contributed by atoms with van der Waals surface area (Å²) in [6, 6.07) is 20.9. The van der Waals surface area contributed by atoms with Gasteiger partial charge in [0.2, 0.25) is 0 Å². The number of aryl methyl sites for hydroxylation is 2. The van der Waals surface area contributed by atoms with Crippen molar-refractivity contribution in [3.8, 4) is 0 Å². The van der Waals surface area contributed by atoms with E-state index in [1.54, 1.807) is 7.05 Å². The lowest BCUT2D eigenvalue weighted by Gasteiger charge is -2.18. The fourth-order valence-corrected chi connectivity index (χ4v) is 4.84. The van der Waals surface area contributed by atoms with Crippen LogP contribution in [0.5, 0.6) is 0 Å². The van der Waals surface area contributed by atoms with Crippen LogP contribution in [0.1, 0.15) is 46.2 Å². The van der Waals surface area contributed by atoms with Crippen LogP contribution >= 0.6 is 23.2 Å². The Bertz CT molecular complexity index is 1240. The van der Waals surface area contributed by atoms with E-state index in [2.05, 4.69) is 66.4 Å². The molecule has 1 aliphatic rings. The zero-order chi connectivity index (χ0) is 23.4. The lowest BCUT2D eigenvalue weighted by atomic mass is 9.87. The molecular weight excluding hydrogens is 451 g/mol. The molecule has 0 heterocycles. The predicted molar refractivity (Wildman–Crippen MR) is 140 cm³/mol. The minimum Gasteiger partial charge on any atom is -0.389 e. The van der Waals surface area contributed by atoms with E-state index in [9.17, 15) is 0 Å². The molecule has 3 aromatic carbocycles. The van der Waals surface area contributed by atoms with E-state index in [4.69, 9.17) is 28.0 Å². The fourth-order valence-electron chi connectivity index (χ4n) is 4.32. The van der Waals surface area contributed by atoms with Crippen molar-refractivity contribution in [3.63, 3.8) is 0 Å². The second-order valence-electron chi connectivity index (χ2n) is 8.03. The molecule has 1 N–H and O–H groups in total. The van der Waals surface area contributed by atoms with E-state index >= 15 is 0 Å². The van der Waals surface area contributed by atoms with Crippen LogP contribution in [0.2, 0.25) is 10.0 Å². The Hall–Kier alpha value is -3.01. The van der Waals surface area contributed by atoms with E-state index in [-0.39, 0.29) is 0 Å². The highest BCUT2D eigenvalue weighted by Crippen LogP contribution is 2.42. The number of nitrogens with one attached hydrogen (secondary N) is 1. The molecular formula is C28H26Cl2N2O. The minimum atomic E-state index is 0.639. The number of hydroxylamine groups is 1. The molecule has 1 aliphatic carbocycles. The van der Waals surface area contributed by atoms with E-state index in [1.807, 2.05) is 18.2 Å². The Labute approximate surface area is 205 Å². The third-order valence-corrected chi connectivity index (χ3v) is 6.43. The Morgan fingerprint density at radius 1 is 1.00 bits per heavy atom. The standard InChI is InChI=1S/C28H26Cl2N2O/c1-4-33-32-28(31-3)21-12-14-23-20(16-21)6-5-7-25(24-15-13-22(29)17-26(24)30)27(23)19-10-8-18(2)9-11-19/h4,8-17H,1,5-7H2,2-3H3,(H,31,32). The quantitative estimate of drug-likeness (QED) is 0.177. The van der Waals surface area contributed by atoms with Crippen molar-refractivity contribution in [1.82, 2.24) is 5.48 Å². The molecule has 4 rings (SSSR count). The Kier molecular flexibility index (Phi) is 7.22. The number of halogens is 2. The molecule has 5 heteroatoms. The van der Waals surface area contributed by atoms with Crippen LogP contribution in [0.4, 0.5) is 0 Å². The number of allylic oxidation sites excluding steroid dienone is 1. The molecule has 3 aromatic rings. The molecule has 168 valence electrons. The number of nitrogens with zero attached hydrogens (tertiary/aromatic N) is 1. The number of amidine groups is 1. The van der Waals surface area contributed by atoms with Gasteiger partial charge in [-0.2, -0.15) is 0 Å². The minimum absolute atomic E-state index is 0.639. The summed E-state index contributed by atoms with van der Waals surface area (Å²) in [7, 11) is 1.73. The molecule has 0 fully saturated rings. The van der Waals surface area contributed by atoms with Crippen molar-refractivity contribution in [2.24, 2.45) is 4.99 Å². The molecule has 0 spiro atoms. The number of hydrogen-bond donors (Lipinski definition) is 1. The molecule has 0 bridgehead atoms. The van der Waals surface area contributed by atoms with Gasteiger partial charge < -0.3 is 4.84 Å². The zero-order valence-electron chi connectivity index (χ0n) is 18.8. The highest BCUT2D eigenvalue weighted by Gasteiger charge is 2.22. The first kappa shape index (κ1) is 23.2. The van der Waals surface area contributed by atoms with Gasteiger partial charge in [-0.05, 0) is 77.8 Å². The number of fused-ring (bicyclic) bond motifs is 1. The average molecular weight is 477 g/mol. The van der Waals surface area contributed by atoms with Gasteiger partial charge in [-0.15, -0.1) is 0 Å². The first-order chi connectivity index (χ1) is 16.0. The van der Waals surface area contributed by atoms with Crippen LogP contribution in [0.3, 0.4) is 0 Å². The monoisotopic (exact) mass is 476 g/mol. The molecule has 0 aromatic heterocycles. The van der Waals surface area contributed by atoms with E-state index in [1.165, 1.54) is 39.7 Å². The molecule has 0 saturated heterocycles. The second-order valence-corrected chi connectivity index (χ2v) is 8.87. The molecule has 0 radical (unpaired) electrons. The van der Waals surface area contributed by atoms with Crippen LogP contribution < -0.4 is 5.48 Å². The van der Waals surface area contributed by atoms with Gasteiger partial charge in [-0.3, -0.25) is 4.99 Å². The summed E-state index contributed by atoms with van der Waals surface area (Å²) in [6.45, 7) is 5.68. The lowest BCUT2D eigenvalue weighted by molar-refractivity contribution is 0.195. The largest absolute Gasteiger partial charge is 0.389 e. The maximum atomic E-state index is 6.69. The molecule has 3 nitrogen and oxygen atoms in total. The third kappa shape index (κ3) is 5.00. The van der Waals surface area contributed by atoms with Crippen molar-refractivity contribution in [3.05, 3.63) is 117 Å². The van der Waals surface area contributed by atoms with Gasteiger partial charge in [0, 0.05) is 22.7 Å². The van der Waals surface area contributed by atoms with Crippen LogP contribution in [-0.2, 0) is 11.3 Å². The summed E-state index contributed by atoms with van der Waals surface area (Å²) in [6.07, 6.45) is 4.22. The van der Waals surface area contributed by atoms with E-state index in [0.29, 0.717) is 15.9 Å². The van der Waals surface area contributed by atoms with Crippen LogP contribution in [-0.4, -0.2) is 12.9 Å². The van der Waals surface area contributed by atoms with Crippen LogP contribution in [0.15, 0.2) is 78.5 Å². The fraction of sp³-hybridized carbons (Fsp3) is 0.179. The Morgan fingerprint density at radius 2 is 1.76 bits per heavy atom. The van der Waals surface area contributed by atoms with Crippen LogP contribution in [0.25, 0.3) is 11.1 Å². The number of hydrogen-bond acceptors (Lipinski definition) is 2. The lowest BCUT2D eigenvalue weighted by Crippen LogP contribution is -2.22. The van der Waals surface area contributed by atoms with E-state index < -0.39 is 0 Å². The van der Waals surface area contributed by atoms with Crippen molar-refractivity contribution in [2.45, 2.75) is 26.2 Å². The first-order valence-electron chi connectivity index (χ1n) is 10.9. The zero-order valence-corrected chi connectivity index (χ0v) is 20.3. The second kappa shape index (κ2) is 10.3. The number of benzene rings is 3. The predicted octanol–water partition coefficient (Wildman–Crippen LogP) is 7.64. The molecule has 0 aliphatic heterocycles. The summed E-state index contributed by atoms with van der Waals surface area (Å²) >= 11 is 12.9. The van der Waals surface area contributed by atoms with Gasteiger partial charge in [-0.1, -0.05) is 77.8 Å². The van der Waals surface area contributed by atoms with Crippen molar-refractivity contribution < 1.29 is 4.84 Å². The SMILES string of the molecule is C=CONC(=NC)c1ccc2c(c1)CCCC(c1ccc(Cl)cc1Cl)=C2c1ccc(C)cc1. The van der Waals surface area contributed by atoms with Gasteiger partial charge in [-0.25, -0.2) is 5.48 Å². The average Bonchev–Trinajstić information content (AvgIpc) is 2.99. The Balaban J connectivity index is 1.93. The highest BCUT2D eigenvalue weighted by atomic mass is 35.5. The topological polar surface area (TPSA) is 33.6 Å². The van der Waals surface area contributed by atoms with E-state index in [0.717, 1.165) is 30.4 Å². The maximum Gasteiger partial charge on any atom is 0.162 e.